The number of aliphatic hydroxyl groups excluding tert-OH is 3. The summed E-state index contributed by atoms with van der Waals surface area (Å²) in [7, 11) is 2.87. The van der Waals surface area contributed by atoms with Crippen molar-refractivity contribution in [3.63, 3.8) is 0 Å². The lowest BCUT2D eigenvalue weighted by molar-refractivity contribution is -0.169. The van der Waals surface area contributed by atoms with Crippen LogP contribution in [0, 0.1) is 11.8 Å². The van der Waals surface area contributed by atoms with Gasteiger partial charge in [-0.15, -0.1) is 0 Å². The van der Waals surface area contributed by atoms with Crippen LogP contribution in [0.5, 0.6) is 5.75 Å². The van der Waals surface area contributed by atoms with Crippen LogP contribution < -0.4 is 16.4 Å². The number of likely N-dealkylation sites (N-methyl/N-ethyl adjacent to an activating group) is 1. The maximum atomic E-state index is 14.2. The maximum Gasteiger partial charge on any atom is 0.413 e. The van der Waals surface area contributed by atoms with Crippen molar-refractivity contribution < 1.29 is 49.4 Å². The topological polar surface area (TPSA) is 232 Å². The van der Waals surface area contributed by atoms with E-state index in [0.29, 0.717) is 5.56 Å². The number of hydrogen-bond donors (Lipinski definition) is 8. The van der Waals surface area contributed by atoms with Crippen LogP contribution >= 0.6 is 12.2 Å². The summed E-state index contributed by atoms with van der Waals surface area (Å²) in [5.41, 5.74) is 4.93. The number of nitrogens with one attached hydrogen (secondary N) is 2. The van der Waals surface area contributed by atoms with Crippen molar-refractivity contribution in [3.05, 3.63) is 99.8 Å². The van der Waals surface area contributed by atoms with Gasteiger partial charge < -0.3 is 41.3 Å². The van der Waals surface area contributed by atoms with E-state index >= 15 is 0 Å². The van der Waals surface area contributed by atoms with Gasteiger partial charge in [0.2, 0.25) is 5.78 Å². The van der Waals surface area contributed by atoms with E-state index in [2.05, 4.69) is 10.6 Å². The van der Waals surface area contributed by atoms with Gasteiger partial charge in [0.05, 0.1) is 29.3 Å². The normalized spacial score (nSPS) is 26.0. The molecule has 1 fully saturated rings. The van der Waals surface area contributed by atoms with Gasteiger partial charge in [-0.2, -0.15) is 0 Å². The molecule has 3 aromatic carbocycles. The number of carbonyl (C=O) groups is 4. The number of anilines is 1. The highest BCUT2D eigenvalue weighted by Crippen LogP contribution is 2.56. The largest absolute Gasteiger partial charge is 0.508 e. The molecule has 7 rings (SSSR count). The minimum atomic E-state index is -3.04. The minimum Gasteiger partial charge on any atom is -0.508 e. The monoisotopic (exact) mass is 740 g/mol. The third-order valence-corrected chi connectivity index (χ3v) is 11.1. The Labute approximate surface area is 308 Å². The van der Waals surface area contributed by atoms with Crippen molar-refractivity contribution in [2.45, 2.75) is 36.5 Å². The number of ketones is 2. The summed E-state index contributed by atoms with van der Waals surface area (Å²) in [6.45, 7) is 1.64. The van der Waals surface area contributed by atoms with Crippen LogP contribution in [0.15, 0.2) is 77.6 Å². The molecular weight excluding hydrogens is 705 g/mol. The quantitative estimate of drug-likeness (QED) is 0.107. The molecule has 14 nitrogen and oxygen atoms in total. The molecule has 0 heterocycles. The molecule has 2 amide bonds. The molecule has 3 aromatic rings. The fraction of sp³-hybridized carbons (Fsp3) is 0.289. The van der Waals surface area contributed by atoms with E-state index in [9.17, 15) is 44.7 Å². The molecule has 1 saturated carbocycles. The van der Waals surface area contributed by atoms with Crippen LogP contribution in [0.25, 0.3) is 16.9 Å². The van der Waals surface area contributed by atoms with Gasteiger partial charge in [-0.05, 0) is 66.1 Å². The smallest absolute Gasteiger partial charge is 0.413 e. The van der Waals surface area contributed by atoms with Crippen LogP contribution in [0.4, 0.5) is 10.5 Å². The van der Waals surface area contributed by atoms with E-state index in [1.165, 1.54) is 31.1 Å². The summed E-state index contributed by atoms with van der Waals surface area (Å²) < 4.78 is 5.54. The second-order valence-electron chi connectivity index (χ2n) is 13.9. The first-order valence-electron chi connectivity index (χ1n) is 16.7. The minimum absolute atomic E-state index is 0.0231. The van der Waals surface area contributed by atoms with E-state index in [1.54, 1.807) is 6.92 Å². The molecule has 4 aliphatic rings. The first-order valence-corrected chi connectivity index (χ1v) is 17.1. The standard InChI is InChI=1S/C38H36N4O10S/c1-15-16-12-13-22(40-36(53)41-37(50)52-14-21-19-10-6-4-8-17(19)18-9-5-7-11-20(18)21)29(43)24(16)30(44)25-23(15)31(45)27-28(42(2)3)32(46)26(35(39)49)34(48)38(27,51)33(25)47/h4-13,15,21,23,27-28,31,43-45,48,51H,14H2,1-3H3,(H2,39,49)(H2,40,41,50,53)/t15-,23+,27+,28-,31-,38-/m0/s1. The first-order chi connectivity index (χ1) is 25.1. The van der Waals surface area contributed by atoms with Gasteiger partial charge in [-0.1, -0.05) is 61.5 Å². The molecule has 15 heteroatoms. The summed E-state index contributed by atoms with van der Waals surface area (Å²) in [4.78, 5) is 54.0. The number of alkyl carbamates (subject to hydrolysis) is 1. The number of nitrogens with zero attached hydrogens (tertiary/aromatic N) is 1. The summed E-state index contributed by atoms with van der Waals surface area (Å²) in [5.74, 6) is -10.3. The van der Waals surface area contributed by atoms with Crippen LogP contribution in [0.2, 0.25) is 0 Å². The van der Waals surface area contributed by atoms with Gasteiger partial charge >= 0.3 is 6.09 Å². The van der Waals surface area contributed by atoms with Crippen molar-refractivity contribution in [1.29, 1.82) is 0 Å². The molecule has 53 heavy (non-hydrogen) atoms. The maximum absolute atomic E-state index is 14.2. The Balaban J connectivity index is 1.15. The number of Topliss-reactive ketones (excluding diaryl/α,β-unsaturated/α-hetero) is 2. The highest BCUT2D eigenvalue weighted by molar-refractivity contribution is 7.80. The lowest BCUT2D eigenvalue weighted by atomic mass is 9.54. The highest BCUT2D eigenvalue weighted by Gasteiger charge is 2.68. The average Bonchev–Trinajstić information content (AvgIpc) is 3.43. The predicted molar refractivity (Wildman–Crippen MR) is 195 cm³/mol. The van der Waals surface area contributed by atoms with Crippen LogP contribution in [-0.4, -0.2) is 97.6 Å². The van der Waals surface area contributed by atoms with Gasteiger partial charge in [-0.3, -0.25) is 24.6 Å². The summed E-state index contributed by atoms with van der Waals surface area (Å²) >= 11 is 5.32. The summed E-state index contributed by atoms with van der Waals surface area (Å²) in [6.07, 6.45) is -2.59. The number of nitrogens with two attached hydrogens (primary N) is 1. The number of phenolic OH excluding ortho intramolecular Hbond substituents is 1. The van der Waals surface area contributed by atoms with Crippen LogP contribution in [-0.2, 0) is 19.1 Å². The van der Waals surface area contributed by atoms with Gasteiger partial charge in [0.25, 0.3) is 5.91 Å². The lowest BCUT2D eigenvalue weighted by Gasteiger charge is -2.53. The number of thiocarbonyl (C=S) groups is 1. The molecular formula is C38H36N4O10S. The number of benzene rings is 3. The fourth-order valence-electron chi connectivity index (χ4n) is 8.60. The molecule has 0 spiro atoms. The fourth-order valence-corrected chi connectivity index (χ4v) is 8.79. The Hall–Kier alpha value is -5.61. The molecule has 6 atom stereocenters. The Bertz CT molecular complexity index is 2170. The lowest BCUT2D eigenvalue weighted by Crippen LogP contribution is -2.70. The molecule has 4 aliphatic carbocycles. The molecule has 0 aliphatic heterocycles. The third kappa shape index (κ3) is 5.22. The average molecular weight is 741 g/mol. The number of amides is 2. The van der Waals surface area contributed by atoms with Crippen molar-refractivity contribution >= 4 is 52.3 Å². The molecule has 0 unspecified atom stereocenters. The van der Waals surface area contributed by atoms with E-state index < -0.39 is 87.5 Å². The zero-order valence-corrected chi connectivity index (χ0v) is 29.5. The summed E-state index contributed by atoms with van der Waals surface area (Å²) in [6, 6.07) is 17.2. The number of rotatable bonds is 5. The number of aromatic hydroxyl groups is 1. The van der Waals surface area contributed by atoms with E-state index in [1.807, 2.05) is 48.5 Å². The number of carbonyl (C=O) groups excluding carboxylic acids is 4. The van der Waals surface area contributed by atoms with Crippen molar-refractivity contribution in [1.82, 2.24) is 10.2 Å². The Morgan fingerprint density at radius 1 is 0.962 bits per heavy atom. The van der Waals surface area contributed by atoms with E-state index in [0.717, 1.165) is 22.3 Å². The zero-order chi connectivity index (χ0) is 38.3. The van der Waals surface area contributed by atoms with Gasteiger partial charge in [0, 0.05) is 17.4 Å². The molecule has 9 N–H and O–H groups in total. The van der Waals surface area contributed by atoms with Gasteiger partial charge in [0.1, 0.15) is 29.4 Å². The Morgan fingerprint density at radius 2 is 1.57 bits per heavy atom. The van der Waals surface area contributed by atoms with Crippen LogP contribution in [0.3, 0.4) is 0 Å². The third-order valence-electron chi connectivity index (χ3n) is 10.9. The predicted octanol–water partition coefficient (Wildman–Crippen LogP) is 2.73. The molecule has 274 valence electrons. The van der Waals surface area contributed by atoms with Crippen molar-refractivity contribution in [3.8, 4) is 16.9 Å². The van der Waals surface area contributed by atoms with E-state index in [4.69, 9.17) is 22.7 Å². The van der Waals surface area contributed by atoms with Gasteiger partial charge in [0.15, 0.2) is 16.5 Å². The SMILES string of the molecule is C[C@H]1c2ccc(NC(=S)NC(=O)OCC3c4ccccc4-c4ccccc43)c(O)c2C(O)=C2C(=O)[C@]3(O)C(O)=C(C(N)=O)C(=O)[C@@H](N(C)C)[C@@H]3[C@@H](O)[C@@H]21. The van der Waals surface area contributed by atoms with Crippen molar-refractivity contribution in [2.75, 3.05) is 26.0 Å². The number of hydrogen-bond acceptors (Lipinski definition) is 12. The number of fused-ring (bicyclic) bond motifs is 6. The Morgan fingerprint density at radius 3 is 2.15 bits per heavy atom. The number of phenols is 1. The number of ether oxygens (including phenoxy) is 1. The number of primary amides is 1. The Kier molecular flexibility index (Phi) is 8.64. The van der Waals surface area contributed by atoms with Crippen LogP contribution in [0.1, 0.15) is 41.0 Å². The second kappa shape index (κ2) is 12.8. The van der Waals surface area contributed by atoms with Gasteiger partial charge in [-0.25, -0.2) is 4.79 Å². The molecule has 0 saturated heterocycles. The van der Waals surface area contributed by atoms with E-state index in [-0.39, 0.29) is 28.9 Å². The first kappa shape index (κ1) is 35.8. The van der Waals surface area contributed by atoms with Crippen molar-refractivity contribution in [2.24, 2.45) is 17.6 Å². The molecule has 0 bridgehead atoms. The molecule has 0 aromatic heterocycles. The molecule has 0 radical (unpaired) electrons. The highest BCUT2D eigenvalue weighted by atomic mass is 32.1. The summed E-state index contributed by atoms with van der Waals surface area (Å²) in [5, 5.41) is 62.6. The zero-order valence-electron chi connectivity index (χ0n) is 28.7. The number of aliphatic hydroxyl groups is 4. The second-order valence-corrected chi connectivity index (χ2v) is 14.3.